The minimum absolute atomic E-state index is 0.0922. The summed E-state index contributed by atoms with van der Waals surface area (Å²) in [7, 11) is 0. The lowest BCUT2D eigenvalue weighted by Gasteiger charge is -2.26. The number of halogens is 4. The molecule has 3 aromatic rings. The first kappa shape index (κ1) is 28.1. The van der Waals surface area contributed by atoms with Gasteiger partial charge < -0.3 is 4.74 Å². The summed E-state index contributed by atoms with van der Waals surface area (Å²) < 4.78 is 64.1. The normalized spacial score (nSPS) is 12.2. The largest absolute Gasteiger partial charge is 0.494 e. The minimum atomic E-state index is -4.24. The van der Waals surface area contributed by atoms with Gasteiger partial charge in [-0.25, -0.2) is 0 Å². The van der Waals surface area contributed by atoms with Crippen molar-refractivity contribution in [3.63, 3.8) is 0 Å². The van der Waals surface area contributed by atoms with E-state index in [-0.39, 0.29) is 28.1 Å². The molecule has 194 valence electrons. The number of hydrogen-bond donors (Lipinski definition) is 0. The van der Waals surface area contributed by atoms with Gasteiger partial charge in [0.15, 0.2) is 0 Å². The van der Waals surface area contributed by atoms with E-state index in [1.165, 1.54) is 37.1 Å². The van der Waals surface area contributed by atoms with Crippen molar-refractivity contribution in [1.82, 2.24) is 0 Å². The zero-order valence-electron chi connectivity index (χ0n) is 21.1. The molecule has 1 nitrogen and oxygen atoms in total. The summed E-state index contributed by atoms with van der Waals surface area (Å²) in [6.45, 7) is 6.81. The van der Waals surface area contributed by atoms with Gasteiger partial charge in [0.25, 0.3) is 0 Å². The third kappa shape index (κ3) is 7.76. The highest BCUT2D eigenvalue weighted by molar-refractivity contribution is 8.00. The smallest absolute Gasteiger partial charge is 0.360 e. The summed E-state index contributed by atoms with van der Waals surface area (Å²) in [5.41, 5.74) is 2.85. The molecule has 0 aliphatic heterocycles. The van der Waals surface area contributed by atoms with Gasteiger partial charge in [0, 0.05) is 11.3 Å². The van der Waals surface area contributed by atoms with Gasteiger partial charge >= 0.3 is 11.2 Å². The van der Waals surface area contributed by atoms with Crippen molar-refractivity contribution < 1.29 is 22.3 Å². The van der Waals surface area contributed by atoms with Crippen LogP contribution in [0.3, 0.4) is 0 Å². The average molecular weight is 519 g/mol. The summed E-state index contributed by atoms with van der Waals surface area (Å²) in [5, 5.41) is -4.24. The number of ether oxygens (including phenoxy) is 1. The Balaban J connectivity index is 1.59. The Kier molecular flexibility index (Phi) is 9.89. The number of thioether (sulfide) groups is 1. The molecule has 0 aliphatic carbocycles. The third-order valence-electron chi connectivity index (χ3n) is 6.05. The number of unbranched alkanes of at least 4 members (excludes halogenated alkanes) is 3. The van der Waals surface area contributed by atoms with Gasteiger partial charge in [-0.3, -0.25) is 0 Å². The van der Waals surface area contributed by atoms with E-state index in [9.17, 15) is 17.6 Å². The number of benzene rings is 3. The van der Waals surface area contributed by atoms with Gasteiger partial charge in [-0.1, -0.05) is 88.6 Å². The molecule has 0 saturated heterocycles. The Morgan fingerprint density at radius 1 is 0.750 bits per heavy atom. The van der Waals surface area contributed by atoms with Gasteiger partial charge in [-0.2, -0.15) is 17.6 Å². The van der Waals surface area contributed by atoms with Gasteiger partial charge in [0.05, 0.1) is 6.61 Å². The molecule has 6 heteroatoms. The topological polar surface area (TPSA) is 9.23 Å². The van der Waals surface area contributed by atoms with Crippen molar-refractivity contribution in [3.8, 4) is 16.9 Å². The van der Waals surface area contributed by atoms with Crippen molar-refractivity contribution in [2.24, 2.45) is 0 Å². The molecule has 0 saturated carbocycles. The average Bonchev–Trinajstić information content (AvgIpc) is 2.84. The number of alkyl halides is 4. The van der Waals surface area contributed by atoms with Crippen LogP contribution in [0.5, 0.6) is 5.75 Å². The molecular formula is C30H34F4OS. The molecule has 0 atom stereocenters. The van der Waals surface area contributed by atoms with E-state index in [1.54, 1.807) is 24.3 Å². The standard InChI is InChI=1S/C30H34F4OS/c1-4-5-6-7-20-35-27-16-12-26(13-17-27)25-10-8-23(9-11-25)21-29(31,32)30(33,34)36-28-18-14-24(15-19-28)22(2)3/h8-19,22H,4-7,20-21H2,1-3H3. The predicted octanol–water partition coefficient (Wildman–Crippen LogP) is 10.00. The fourth-order valence-electron chi connectivity index (χ4n) is 3.78. The van der Waals surface area contributed by atoms with Crippen LogP contribution < -0.4 is 4.74 Å². The van der Waals surface area contributed by atoms with Crippen LogP contribution >= 0.6 is 11.8 Å². The summed E-state index contributed by atoms with van der Waals surface area (Å²) in [5.74, 6) is -3.18. The first-order valence-electron chi connectivity index (χ1n) is 12.5. The van der Waals surface area contributed by atoms with Crippen LogP contribution in [0.15, 0.2) is 77.7 Å². The lowest BCUT2D eigenvalue weighted by molar-refractivity contribution is -0.150. The summed E-state index contributed by atoms with van der Waals surface area (Å²) in [6, 6.07) is 20.2. The zero-order valence-corrected chi connectivity index (χ0v) is 21.9. The molecule has 0 bridgehead atoms. The molecule has 0 unspecified atom stereocenters. The summed E-state index contributed by atoms with van der Waals surface area (Å²) in [6.07, 6.45) is 3.51. The Morgan fingerprint density at radius 2 is 1.33 bits per heavy atom. The van der Waals surface area contributed by atoms with Gasteiger partial charge in [0.1, 0.15) is 5.75 Å². The lowest BCUT2D eigenvalue weighted by atomic mass is 10.0. The Morgan fingerprint density at radius 3 is 1.89 bits per heavy atom. The fraction of sp³-hybridized carbons (Fsp3) is 0.400. The van der Waals surface area contributed by atoms with Crippen molar-refractivity contribution in [2.45, 2.75) is 74.9 Å². The maximum Gasteiger partial charge on any atom is 0.360 e. The van der Waals surface area contributed by atoms with Crippen LogP contribution in [0.1, 0.15) is 63.5 Å². The molecule has 0 heterocycles. The predicted molar refractivity (Wildman–Crippen MR) is 142 cm³/mol. The molecular weight excluding hydrogens is 484 g/mol. The van der Waals surface area contributed by atoms with E-state index in [2.05, 4.69) is 6.92 Å². The van der Waals surface area contributed by atoms with Gasteiger partial charge in [0.2, 0.25) is 0 Å². The highest BCUT2D eigenvalue weighted by Crippen LogP contribution is 2.48. The molecule has 0 radical (unpaired) electrons. The van der Waals surface area contributed by atoms with E-state index >= 15 is 0 Å². The number of hydrogen-bond acceptors (Lipinski definition) is 2. The molecule has 36 heavy (non-hydrogen) atoms. The monoisotopic (exact) mass is 518 g/mol. The summed E-state index contributed by atoms with van der Waals surface area (Å²) in [4.78, 5) is 0.118. The second-order valence-corrected chi connectivity index (χ2v) is 10.5. The summed E-state index contributed by atoms with van der Waals surface area (Å²) >= 11 is -0.0922. The molecule has 0 amide bonds. The fourth-order valence-corrected chi connectivity index (χ4v) is 4.57. The van der Waals surface area contributed by atoms with Crippen molar-refractivity contribution in [3.05, 3.63) is 83.9 Å². The third-order valence-corrected chi connectivity index (χ3v) is 7.12. The molecule has 0 aliphatic rings. The maximum atomic E-state index is 14.6. The van der Waals surface area contributed by atoms with E-state index in [1.807, 2.05) is 38.1 Å². The quantitative estimate of drug-likeness (QED) is 0.126. The molecule has 0 N–H and O–H groups in total. The van der Waals surface area contributed by atoms with Crippen molar-refractivity contribution >= 4 is 11.8 Å². The Labute approximate surface area is 216 Å². The van der Waals surface area contributed by atoms with Crippen LogP contribution in [0.25, 0.3) is 11.1 Å². The van der Waals surface area contributed by atoms with E-state index in [0.717, 1.165) is 35.3 Å². The maximum absolute atomic E-state index is 14.6. The first-order chi connectivity index (χ1) is 17.1. The minimum Gasteiger partial charge on any atom is -0.494 e. The molecule has 3 rings (SSSR count). The van der Waals surface area contributed by atoms with Crippen LogP contribution in [0.4, 0.5) is 17.6 Å². The Bertz CT molecular complexity index is 1060. The second-order valence-electron chi connectivity index (χ2n) is 9.35. The van der Waals surface area contributed by atoms with E-state index in [4.69, 9.17) is 4.74 Å². The second kappa shape index (κ2) is 12.7. The van der Waals surface area contributed by atoms with Crippen LogP contribution in [-0.2, 0) is 6.42 Å². The van der Waals surface area contributed by atoms with Crippen molar-refractivity contribution in [1.29, 1.82) is 0 Å². The first-order valence-corrected chi connectivity index (χ1v) is 13.3. The molecule has 0 spiro atoms. The van der Waals surface area contributed by atoms with Gasteiger partial charge in [-0.15, -0.1) is 0 Å². The SMILES string of the molecule is CCCCCCOc1ccc(-c2ccc(CC(F)(F)C(F)(F)Sc3ccc(C(C)C)cc3)cc2)cc1. The number of rotatable bonds is 13. The van der Waals surface area contributed by atoms with Crippen molar-refractivity contribution in [2.75, 3.05) is 6.61 Å². The van der Waals surface area contributed by atoms with E-state index in [0.29, 0.717) is 6.61 Å². The molecule has 3 aromatic carbocycles. The molecule has 0 aromatic heterocycles. The molecule has 0 fully saturated rings. The van der Waals surface area contributed by atoms with E-state index < -0.39 is 17.6 Å². The highest BCUT2D eigenvalue weighted by atomic mass is 32.2. The lowest BCUT2D eigenvalue weighted by Crippen LogP contribution is -2.39. The van der Waals surface area contributed by atoms with Crippen LogP contribution in [0.2, 0.25) is 0 Å². The van der Waals surface area contributed by atoms with Crippen LogP contribution in [-0.4, -0.2) is 17.8 Å². The van der Waals surface area contributed by atoms with Crippen LogP contribution in [0, 0.1) is 0 Å². The Hall–Kier alpha value is -2.47. The zero-order chi connectivity index (χ0) is 26.2. The highest BCUT2D eigenvalue weighted by Gasteiger charge is 2.56. The van der Waals surface area contributed by atoms with Gasteiger partial charge in [-0.05, 0) is 70.6 Å².